The molecule has 150 valence electrons. The van der Waals surface area contributed by atoms with E-state index in [4.69, 9.17) is 0 Å². The number of nitrogens with one attached hydrogen (secondary N) is 2. The van der Waals surface area contributed by atoms with Gasteiger partial charge in [0.05, 0.1) is 11.2 Å². The highest BCUT2D eigenvalue weighted by Gasteiger charge is 2.41. The van der Waals surface area contributed by atoms with Gasteiger partial charge in [-0.1, -0.05) is 31.0 Å². The third kappa shape index (κ3) is 3.72. The molecule has 0 bridgehead atoms. The van der Waals surface area contributed by atoms with Crippen LogP contribution in [0.25, 0.3) is 5.69 Å². The lowest BCUT2D eigenvalue weighted by Crippen LogP contribution is -2.35. The average Bonchev–Trinajstić information content (AvgIpc) is 3.33. The van der Waals surface area contributed by atoms with Gasteiger partial charge in [-0.2, -0.15) is 4.68 Å². The first kappa shape index (κ1) is 19.1. The van der Waals surface area contributed by atoms with Crippen LogP contribution in [0.5, 0.6) is 0 Å². The normalized spacial score (nSPS) is 15.3. The number of carbonyl (C=O) groups is 1. The van der Waals surface area contributed by atoms with E-state index in [-0.39, 0.29) is 11.4 Å². The fourth-order valence-corrected chi connectivity index (χ4v) is 4.28. The van der Waals surface area contributed by atoms with E-state index in [9.17, 15) is 4.79 Å². The van der Waals surface area contributed by atoms with E-state index in [2.05, 4.69) is 58.2 Å². The molecule has 2 aromatic carbocycles. The molecule has 1 aliphatic carbocycles. The maximum Gasteiger partial charge on any atom is 0.221 e. The Kier molecular flexibility index (Phi) is 5.05. The monoisotopic (exact) mass is 390 g/mol. The molecule has 29 heavy (non-hydrogen) atoms. The summed E-state index contributed by atoms with van der Waals surface area (Å²) in [5, 5.41) is 19.4. The summed E-state index contributed by atoms with van der Waals surface area (Å²) in [6.45, 7) is 5.68. The van der Waals surface area contributed by atoms with Gasteiger partial charge in [-0.3, -0.25) is 4.79 Å². The molecular weight excluding hydrogens is 364 g/mol. The van der Waals surface area contributed by atoms with Crippen LogP contribution in [0.3, 0.4) is 0 Å². The van der Waals surface area contributed by atoms with Crippen molar-refractivity contribution in [2.45, 2.75) is 52.0 Å². The third-order valence-corrected chi connectivity index (χ3v) is 5.59. The van der Waals surface area contributed by atoms with Crippen LogP contribution in [0.2, 0.25) is 0 Å². The zero-order chi connectivity index (χ0) is 20.4. The van der Waals surface area contributed by atoms with Crippen LogP contribution in [-0.4, -0.2) is 26.1 Å². The van der Waals surface area contributed by atoms with Crippen molar-refractivity contribution in [1.29, 1.82) is 0 Å². The SMILES string of the molecule is CC(=O)Nc1ccc(NC2(c3nnnn3-c3c(C)cccc3C)CCCC2)cc1. The predicted molar refractivity (Wildman–Crippen MR) is 113 cm³/mol. The molecule has 0 aliphatic heterocycles. The minimum Gasteiger partial charge on any atom is -0.373 e. The smallest absolute Gasteiger partial charge is 0.221 e. The standard InChI is InChI=1S/C22H26N6O/c1-15-7-6-8-16(2)20(15)28-21(25-26-27-28)22(13-4-5-14-22)24-19-11-9-18(10-12-19)23-17(3)29/h6-12,24H,4-5,13-14H2,1-3H3,(H,23,29). The van der Waals surface area contributed by atoms with Crippen LogP contribution in [0.1, 0.15) is 49.6 Å². The molecule has 1 aliphatic rings. The first-order chi connectivity index (χ1) is 14.0. The summed E-state index contributed by atoms with van der Waals surface area (Å²) in [6, 6.07) is 14.0. The van der Waals surface area contributed by atoms with Gasteiger partial charge < -0.3 is 10.6 Å². The second kappa shape index (κ2) is 7.66. The Hall–Kier alpha value is -3.22. The minimum atomic E-state index is -0.326. The van der Waals surface area contributed by atoms with Gasteiger partial charge in [0.15, 0.2) is 5.82 Å². The molecule has 3 aromatic rings. The second-order valence-electron chi connectivity index (χ2n) is 7.83. The molecule has 1 saturated carbocycles. The lowest BCUT2D eigenvalue weighted by atomic mass is 9.95. The van der Waals surface area contributed by atoms with E-state index < -0.39 is 0 Å². The molecular formula is C22H26N6O. The van der Waals surface area contributed by atoms with Gasteiger partial charge in [0.2, 0.25) is 5.91 Å². The van der Waals surface area contributed by atoms with Crippen molar-refractivity contribution in [3.05, 3.63) is 59.4 Å². The Balaban J connectivity index is 1.70. The Bertz CT molecular complexity index is 998. The summed E-state index contributed by atoms with van der Waals surface area (Å²) in [6.07, 6.45) is 4.17. The summed E-state index contributed by atoms with van der Waals surface area (Å²) in [7, 11) is 0. The zero-order valence-electron chi connectivity index (χ0n) is 17.1. The number of amides is 1. The fourth-order valence-electron chi connectivity index (χ4n) is 4.28. The van der Waals surface area contributed by atoms with E-state index in [1.807, 2.05) is 28.9 Å². The van der Waals surface area contributed by atoms with Crippen molar-refractivity contribution < 1.29 is 4.79 Å². The van der Waals surface area contributed by atoms with Crippen LogP contribution in [0.15, 0.2) is 42.5 Å². The van der Waals surface area contributed by atoms with Crippen LogP contribution in [0.4, 0.5) is 11.4 Å². The number of hydrogen-bond donors (Lipinski definition) is 2. The minimum absolute atomic E-state index is 0.0780. The maximum absolute atomic E-state index is 11.3. The molecule has 7 heteroatoms. The first-order valence-electron chi connectivity index (χ1n) is 10.00. The third-order valence-electron chi connectivity index (χ3n) is 5.59. The van der Waals surface area contributed by atoms with Crippen molar-refractivity contribution in [1.82, 2.24) is 20.2 Å². The molecule has 0 saturated heterocycles. The van der Waals surface area contributed by atoms with Crippen molar-refractivity contribution in [3.8, 4) is 5.69 Å². The summed E-state index contributed by atoms with van der Waals surface area (Å²) >= 11 is 0. The molecule has 2 N–H and O–H groups in total. The van der Waals surface area contributed by atoms with Gasteiger partial charge in [0, 0.05) is 18.3 Å². The van der Waals surface area contributed by atoms with E-state index in [0.717, 1.165) is 59.7 Å². The molecule has 0 spiro atoms. The zero-order valence-corrected chi connectivity index (χ0v) is 17.1. The van der Waals surface area contributed by atoms with Crippen molar-refractivity contribution in [2.24, 2.45) is 0 Å². The number of aromatic nitrogens is 4. The van der Waals surface area contributed by atoms with E-state index in [1.165, 1.54) is 6.92 Å². The molecule has 0 unspecified atom stereocenters. The Morgan fingerprint density at radius 1 is 1.00 bits per heavy atom. The molecule has 0 atom stereocenters. The van der Waals surface area contributed by atoms with Gasteiger partial charge in [-0.15, -0.1) is 5.10 Å². The number of carbonyl (C=O) groups excluding carboxylic acids is 1. The number of nitrogens with zero attached hydrogens (tertiary/aromatic N) is 4. The number of aryl methyl sites for hydroxylation is 2. The van der Waals surface area contributed by atoms with Crippen molar-refractivity contribution >= 4 is 17.3 Å². The molecule has 7 nitrogen and oxygen atoms in total. The van der Waals surface area contributed by atoms with Gasteiger partial charge in [0.1, 0.15) is 0 Å². The van der Waals surface area contributed by atoms with Crippen LogP contribution in [0, 0.1) is 13.8 Å². The van der Waals surface area contributed by atoms with E-state index >= 15 is 0 Å². The number of hydrogen-bond acceptors (Lipinski definition) is 5. The maximum atomic E-state index is 11.3. The highest BCUT2D eigenvalue weighted by atomic mass is 16.1. The molecule has 1 heterocycles. The van der Waals surface area contributed by atoms with Gasteiger partial charge in [-0.25, -0.2) is 0 Å². The molecule has 0 radical (unpaired) electrons. The topological polar surface area (TPSA) is 84.7 Å². The highest BCUT2D eigenvalue weighted by molar-refractivity contribution is 5.88. The molecule has 4 rings (SSSR count). The van der Waals surface area contributed by atoms with E-state index in [1.54, 1.807) is 0 Å². The quantitative estimate of drug-likeness (QED) is 0.685. The number of benzene rings is 2. The lowest BCUT2D eigenvalue weighted by Gasteiger charge is -2.30. The summed E-state index contributed by atoms with van der Waals surface area (Å²) in [5.74, 6) is 0.768. The molecule has 1 aromatic heterocycles. The predicted octanol–water partition coefficient (Wildman–Crippen LogP) is 4.12. The Labute approximate surface area is 170 Å². The van der Waals surface area contributed by atoms with Gasteiger partial charge in [0.25, 0.3) is 0 Å². The Morgan fingerprint density at radius 3 is 2.24 bits per heavy atom. The number of anilines is 2. The lowest BCUT2D eigenvalue weighted by molar-refractivity contribution is -0.114. The summed E-state index contributed by atoms with van der Waals surface area (Å²) in [5.41, 5.74) is 4.77. The van der Waals surface area contributed by atoms with Crippen LogP contribution < -0.4 is 10.6 Å². The molecule has 1 amide bonds. The number of rotatable bonds is 5. The summed E-state index contributed by atoms with van der Waals surface area (Å²) in [4.78, 5) is 11.3. The Morgan fingerprint density at radius 2 is 1.62 bits per heavy atom. The van der Waals surface area contributed by atoms with Crippen molar-refractivity contribution in [3.63, 3.8) is 0 Å². The fraction of sp³-hybridized carbons (Fsp3) is 0.364. The number of tetrazole rings is 1. The van der Waals surface area contributed by atoms with Crippen molar-refractivity contribution in [2.75, 3.05) is 10.6 Å². The van der Waals surface area contributed by atoms with Gasteiger partial charge >= 0.3 is 0 Å². The largest absolute Gasteiger partial charge is 0.373 e. The average molecular weight is 390 g/mol. The van der Waals surface area contributed by atoms with Crippen LogP contribution in [-0.2, 0) is 10.3 Å². The van der Waals surface area contributed by atoms with E-state index in [0.29, 0.717) is 0 Å². The molecule has 1 fully saturated rings. The van der Waals surface area contributed by atoms with Gasteiger partial charge in [-0.05, 0) is 72.5 Å². The second-order valence-corrected chi connectivity index (χ2v) is 7.83. The highest BCUT2D eigenvalue weighted by Crippen LogP contribution is 2.41. The van der Waals surface area contributed by atoms with Crippen LogP contribution >= 0.6 is 0 Å². The first-order valence-corrected chi connectivity index (χ1v) is 10.00. The number of para-hydroxylation sites is 1. The summed E-state index contributed by atoms with van der Waals surface area (Å²) < 4.78 is 1.90.